The van der Waals surface area contributed by atoms with E-state index in [-0.39, 0.29) is 12.1 Å². The van der Waals surface area contributed by atoms with E-state index in [2.05, 4.69) is 0 Å². The Balaban J connectivity index is 2.74. The number of carbonyl (C=O) groups is 1. The van der Waals surface area contributed by atoms with Crippen LogP contribution in [0.25, 0.3) is 0 Å². The summed E-state index contributed by atoms with van der Waals surface area (Å²) in [6.45, 7) is 4.53. The van der Waals surface area contributed by atoms with Crippen molar-refractivity contribution in [3.63, 3.8) is 0 Å². The summed E-state index contributed by atoms with van der Waals surface area (Å²) in [6, 6.07) is 2.09. The predicted molar refractivity (Wildman–Crippen MR) is 70.4 cm³/mol. The highest BCUT2D eigenvalue weighted by atomic mass is 19.1. The summed E-state index contributed by atoms with van der Waals surface area (Å²) in [5, 5.41) is 0. The smallest absolute Gasteiger partial charge is 0.344 e. The van der Waals surface area contributed by atoms with Gasteiger partial charge < -0.3 is 15.2 Å². The van der Waals surface area contributed by atoms with Crippen LogP contribution in [0.5, 0.6) is 5.75 Å². The third kappa shape index (κ3) is 5.13. The molecule has 4 nitrogen and oxygen atoms in total. The van der Waals surface area contributed by atoms with Crippen molar-refractivity contribution in [3.05, 3.63) is 29.3 Å². The van der Waals surface area contributed by atoms with Crippen molar-refractivity contribution in [2.45, 2.75) is 39.3 Å². The molecule has 1 aromatic rings. The molecule has 0 spiro atoms. The summed E-state index contributed by atoms with van der Waals surface area (Å²) in [6.07, 6.45) is 0.0398. The standard InChI is InChI=1S/C14H19F2NO3/c1-8(2)20-13(18)7-19-14-11(15)5-10(4-9(3)17)6-12(14)16/h5-6,8-9H,4,7,17H2,1-3H3. The first-order chi connectivity index (χ1) is 9.29. The lowest BCUT2D eigenvalue weighted by atomic mass is 10.1. The third-order valence-corrected chi connectivity index (χ3v) is 2.32. The lowest BCUT2D eigenvalue weighted by Gasteiger charge is -2.12. The molecule has 112 valence electrons. The fraction of sp³-hybridized carbons (Fsp3) is 0.500. The molecule has 0 aliphatic heterocycles. The SMILES string of the molecule is CC(N)Cc1cc(F)c(OCC(=O)OC(C)C)c(F)c1. The molecule has 20 heavy (non-hydrogen) atoms. The van der Waals surface area contributed by atoms with Crippen LogP contribution in [0.4, 0.5) is 8.78 Å². The Morgan fingerprint density at radius 2 is 1.80 bits per heavy atom. The first-order valence-corrected chi connectivity index (χ1v) is 6.35. The van der Waals surface area contributed by atoms with E-state index in [0.717, 1.165) is 12.1 Å². The highest BCUT2D eigenvalue weighted by Gasteiger charge is 2.15. The van der Waals surface area contributed by atoms with E-state index in [1.165, 1.54) is 0 Å². The molecule has 0 aliphatic rings. The van der Waals surface area contributed by atoms with Crippen molar-refractivity contribution in [1.29, 1.82) is 0 Å². The molecular weight excluding hydrogens is 268 g/mol. The Morgan fingerprint density at radius 1 is 1.25 bits per heavy atom. The second-order valence-corrected chi connectivity index (χ2v) is 4.90. The van der Waals surface area contributed by atoms with Crippen molar-refractivity contribution in [1.82, 2.24) is 0 Å². The summed E-state index contributed by atoms with van der Waals surface area (Å²) in [7, 11) is 0. The maximum Gasteiger partial charge on any atom is 0.344 e. The van der Waals surface area contributed by atoms with Gasteiger partial charge in [0.1, 0.15) is 0 Å². The van der Waals surface area contributed by atoms with Gasteiger partial charge in [-0.05, 0) is 44.9 Å². The normalized spacial score (nSPS) is 12.3. The van der Waals surface area contributed by atoms with Gasteiger partial charge in [-0.2, -0.15) is 0 Å². The van der Waals surface area contributed by atoms with Crippen LogP contribution in [-0.2, 0) is 16.0 Å². The van der Waals surface area contributed by atoms with Gasteiger partial charge in [-0.15, -0.1) is 0 Å². The minimum Gasteiger partial charge on any atom is -0.476 e. The monoisotopic (exact) mass is 287 g/mol. The van der Waals surface area contributed by atoms with Crippen LogP contribution in [-0.4, -0.2) is 24.7 Å². The maximum absolute atomic E-state index is 13.7. The van der Waals surface area contributed by atoms with Crippen LogP contribution in [0, 0.1) is 11.6 Å². The molecule has 0 aliphatic carbocycles. The molecule has 0 fully saturated rings. The number of nitrogens with two attached hydrogens (primary N) is 1. The Hall–Kier alpha value is -1.69. The van der Waals surface area contributed by atoms with Gasteiger partial charge in [0, 0.05) is 6.04 Å². The van der Waals surface area contributed by atoms with Gasteiger partial charge >= 0.3 is 5.97 Å². The van der Waals surface area contributed by atoms with Crippen LogP contribution in [0.3, 0.4) is 0 Å². The Labute approximate surface area is 116 Å². The van der Waals surface area contributed by atoms with Crippen LogP contribution >= 0.6 is 0 Å². The molecule has 0 bridgehead atoms. The number of rotatable bonds is 6. The molecule has 0 heterocycles. The molecular formula is C14H19F2NO3. The van der Waals surface area contributed by atoms with Gasteiger partial charge in [-0.25, -0.2) is 13.6 Å². The predicted octanol–water partition coefficient (Wildman–Crippen LogP) is 2.18. The fourth-order valence-electron chi connectivity index (χ4n) is 1.67. The summed E-state index contributed by atoms with van der Waals surface area (Å²) in [4.78, 5) is 11.3. The molecule has 1 atom stereocenters. The molecule has 1 aromatic carbocycles. The van der Waals surface area contributed by atoms with Gasteiger partial charge in [0.25, 0.3) is 0 Å². The highest BCUT2D eigenvalue weighted by molar-refractivity contribution is 5.71. The van der Waals surface area contributed by atoms with Crippen LogP contribution in [0.2, 0.25) is 0 Å². The minimum absolute atomic E-state index is 0.207. The molecule has 0 aromatic heterocycles. The molecule has 1 rings (SSSR count). The van der Waals surface area contributed by atoms with Crippen molar-refractivity contribution >= 4 is 5.97 Å². The maximum atomic E-state index is 13.7. The van der Waals surface area contributed by atoms with Crippen LogP contribution < -0.4 is 10.5 Å². The van der Waals surface area contributed by atoms with E-state index in [1.54, 1.807) is 20.8 Å². The highest BCUT2D eigenvalue weighted by Crippen LogP contribution is 2.24. The van der Waals surface area contributed by atoms with Gasteiger partial charge in [0.15, 0.2) is 24.0 Å². The largest absolute Gasteiger partial charge is 0.476 e. The topological polar surface area (TPSA) is 61.5 Å². The van der Waals surface area contributed by atoms with Crippen LogP contribution in [0.15, 0.2) is 12.1 Å². The van der Waals surface area contributed by atoms with E-state index < -0.39 is 30.0 Å². The summed E-state index contributed by atoms with van der Waals surface area (Å²) in [5.41, 5.74) is 6.01. The Morgan fingerprint density at radius 3 is 2.25 bits per heavy atom. The number of esters is 1. The summed E-state index contributed by atoms with van der Waals surface area (Å²) in [5.74, 6) is -2.99. The van der Waals surface area contributed by atoms with Gasteiger partial charge in [0.2, 0.25) is 0 Å². The molecule has 2 N–H and O–H groups in total. The number of hydrogen-bond donors (Lipinski definition) is 1. The van der Waals surface area contributed by atoms with E-state index in [4.69, 9.17) is 15.2 Å². The van der Waals surface area contributed by atoms with Crippen molar-refractivity contribution < 1.29 is 23.0 Å². The average molecular weight is 287 g/mol. The zero-order chi connectivity index (χ0) is 15.3. The van der Waals surface area contributed by atoms with E-state index in [1.807, 2.05) is 0 Å². The Bertz CT molecular complexity index is 452. The van der Waals surface area contributed by atoms with Crippen LogP contribution in [0.1, 0.15) is 26.3 Å². The minimum atomic E-state index is -0.863. The van der Waals surface area contributed by atoms with Crippen molar-refractivity contribution in [2.75, 3.05) is 6.61 Å². The van der Waals surface area contributed by atoms with Crippen molar-refractivity contribution in [2.24, 2.45) is 5.73 Å². The molecule has 6 heteroatoms. The van der Waals surface area contributed by atoms with E-state index in [0.29, 0.717) is 12.0 Å². The second-order valence-electron chi connectivity index (χ2n) is 4.90. The number of ether oxygens (including phenoxy) is 2. The van der Waals surface area contributed by atoms with Crippen molar-refractivity contribution in [3.8, 4) is 5.75 Å². The van der Waals surface area contributed by atoms with Gasteiger partial charge in [-0.1, -0.05) is 0 Å². The van der Waals surface area contributed by atoms with E-state index >= 15 is 0 Å². The summed E-state index contributed by atoms with van der Waals surface area (Å²) < 4.78 is 37.1. The first-order valence-electron chi connectivity index (χ1n) is 6.35. The lowest BCUT2D eigenvalue weighted by Crippen LogP contribution is -2.20. The molecule has 0 saturated heterocycles. The second kappa shape index (κ2) is 7.19. The number of hydrogen-bond acceptors (Lipinski definition) is 4. The summed E-state index contributed by atoms with van der Waals surface area (Å²) >= 11 is 0. The molecule has 0 amide bonds. The fourth-order valence-corrected chi connectivity index (χ4v) is 1.67. The first kappa shape index (κ1) is 16.4. The number of halogens is 2. The zero-order valence-electron chi connectivity index (χ0n) is 11.8. The zero-order valence-corrected chi connectivity index (χ0v) is 11.8. The lowest BCUT2D eigenvalue weighted by molar-refractivity contribution is -0.149. The quantitative estimate of drug-likeness (QED) is 0.815. The number of carbonyl (C=O) groups excluding carboxylic acids is 1. The molecule has 0 saturated carbocycles. The Kier molecular flexibility index (Phi) is 5.88. The van der Waals surface area contributed by atoms with E-state index in [9.17, 15) is 13.6 Å². The van der Waals surface area contributed by atoms with Gasteiger partial charge in [0.05, 0.1) is 6.10 Å². The molecule has 0 radical (unpaired) electrons. The number of benzene rings is 1. The molecule has 1 unspecified atom stereocenters. The third-order valence-electron chi connectivity index (χ3n) is 2.32. The average Bonchev–Trinajstić information content (AvgIpc) is 2.25. The van der Waals surface area contributed by atoms with Gasteiger partial charge in [-0.3, -0.25) is 0 Å².